The average molecular weight is 377 g/mol. The topological polar surface area (TPSA) is 75.7 Å². The number of imidazole rings is 1. The first kappa shape index (κ1) is 17.2. The zero-order chi connectivity index (χ0) is 19.1. The van der Waals surface area contributed by atoms with Crippen LogP contribution in [0.4, 0.5) is 4.79 Å². The van der Waals surface area contributed by atoms with Crippen molar-refractivity contribution >= 4 is 23.1 Å². The second-order valence-electron chi connectivity index (χ2n) is 7.61. The molecule has 1 aromatic carbocycles. The summed E-state index contributed by atoms with van der Waals surface area (Å²) in [5.74, 6) is 0.190. The van der Waals surface area contributed by atoms with E-state index >= 15 is 0 Å². The van der Waals surface area contributed by atoms with Gasteiger partial charge < -0.3 is 14.6 Å². The van der Waals surface area contributed by atoms with E-state index in [0.717, 1.165) is 18.5 Å². The molecule has 2 aliphatic heterocycles. The van der Waals surface area contributed by atoms with Gasteiger partial charge >= 0.3 is 6.03 Å². The third-order valence-corrected chi connectivity index (χ3v) is 6.05. The van der Waals surface area contributed by atoms with Gasteiger partial charge in [-0.05, 0) is 18.8 Å². The number of hydrogen-bond acceptors (Lipinski definition) is 4. The highest BCUT2D eigenvalue weighted by molar-refractivity contribution is 5.93. The third kappa shape index (κ3) is 2.82. The third-order valence-electron chi connectivity index (χ3n) is 6.05. The Balaban J connectivity index is 1.29. The van der Waals surface area contributed by atoms with Crippen LogP contribution in [0, 0.1) is 5.92 Å². The van der Waals surface area contributed by atoms with Gasteiger partial charge in [0.25, 0.3) is 0 Å². The monoisotopic (exact) mass is 377 g/mol. The predicted molar refractivity (Wildman–Crippen MR) is 107 cm³/mol. The molecule has 7 nitrogen and oxygen atoms in total. The standard InChI is InChI=1S/C21H23N5O2/c27-20(15-5-8-24(9-6-15)21(28)25-10-7-22-13-25)11-18-16-3-1-2-4-17(16)19-12-23-14-26(18)19/h1-4,7,10,13-15,20,27H,5-6,8-9,11-12H2/t20-/m1/s1. The SMILES string of the molecule is O=C(N1CCC([C@H](O)Cc2c3ccccc3c3n2C=NC3)CC1)n1ccnc1. The summed E-state index contributed by atoms with van der Waals surface area (Å²) in [7, 11) is 0. The zero-order valence-electron chi connectivity index (χ0n) is 15.6. The molecule has 3 aromatic rings. The molecule has 1 saturated heterocycles. The number of nitrogens with zero attached hydrogens (tertiary/aromatic N) is 5. The number of benzene rings is 1. The number of amides is 1. The fourth-order valence-corrected chi connectivity index (χ4v) is 4.50. The van der Waals surface area contributed by atoms with Crippen LogP contribution in [-0.4, -0.2) is 55.7 Å². The van der Waals surface area contributed by atoms with Crippen LogP contribution in [0.2, 0.25) is 0 Å². The Hall–Kier alpha value is -2.93. The van der Waals surface area contributed by atoms with Crippen molar-refractivity contribution < 1.29 is 9.90 Å². The minimum Gasteiger partial charge on any atom is -0.392 e. The largest absolute Gasteiger partial charge is 0.392 e. The van der Waals surface area contributed by atoms with Gasteiger partial charge in [0.15, 0.2) is 0 Å². The van der Waals surface area contributed by atoms with Crippen LogP contribution in [-0.2, 0) is 13.0 Å². The lowest BCUT2D eigenvalue weighted by Crippen LogP contribution is -2.43. The lowest BCUT2D eigenvalue weighted by atomic mass is 9.88. The summed E-state index contributed by atoms with van der Waals surface area (Å²) in [6.07, 6.45) is 8.48. The van der Waals surface area contributed by atoms with E-state index in [0.29, 0.717) is 26.1 Å². The van der Waals surface area contributed by atoms with Crippen molar-refractivity contribution in [3.05, 3.63) is 54.4 Å². The van der Waals surface area contributed by atoms with Gasteiger partial charge in [-0.15, -0.1) is 0 Å². The van der Waals surface area contributed by atoms with E-state index in [2.05, 4.69) is 32.7 Å². The highest BCUT2D eigenvalue weighted by atomic mass is 16.3. The Labute approximate surface area is 162 Å². The molecule has 0 saturated carbocycles. The molecule has 2 aliphatic rings. The van der Waals surface area contributed by atoms with Crippen molar-refractivity contribution in [3.63, 3.8) is 0 Å². The van der Waals surface area contributed by atoms with Crippen LogP contribution >= 0.6 is 0 Å². The minimum atomic E-state index is -0.429. The fourth-order valence-electron chi connectivity index (χ4n) is 4.50. The Morgan fingerprint density at radius 3 is 2.75 bits per heavy atom. The van der Waals surface area contributed by atoms with Gasteiger partial charge in [-0.2, -0.15) is 0 Å². The lowest BCUT2D eigenvalue weighted by molar-refractivity contribution is 0.0667. The molecule has 1 fully saturated rings. The molecule has 1 amide bonds. The van der Waals surface area contributed by atoms with Gasteiger partial charge in [0, 0.05) is 48.4 Å². The molecule has 0 aliphatic carbocycles. The first-order valence-corrected chi connectivity index (χ1v) is 9.78. The number of aromatic nitrogens is 3. The van der Waals surface area contributed by atoms with E-state index in [-0.39, 0.29) is 11.9 Å². The number of fused-ring (bicyclic) bond motifs is 3. The summed E-state index contributed by atoms with van der Waals surface area (Å²) < 4.78 is 3.65. The van der Waals surface area contributed by atoms with Crippen LogP contribution < -0.4 is 0 Å². The number of carbonyl (C=O) groups excluding carboxylic acids is 1. The van der Waals surface area contributed by atoms with Crippen molar-refractivity contribution in [3.8, 4) is 0 Å². The van der Waals surface area contributed by atoms with Crippen molar-refractivity contribution in [1.29, 1.82) is 0 Å². The average Bonchev–Trinajstić information content (AvgIpc) is 3.47. The summed E-state index contributed by atoms with van der Waals surface area (Å²) in [5.41, 5.74) is 2.34. The first-order valence-electron chi connectivity index (χ1n) is 9.78. The number of likely N-dealkylation sites (tertiary alicyclic amines) is 1. The molecular formula is C21H23N5O2. The molecule has 0 radical (unpaired) electrons. The summed E-state index contributed by atoms with van der Waals surface area (Å²) in [6, 6.07) is 8.31. The van der Waals surface area contributed by atoms with E-state index < -0.39 is 6.10 Å². The molecule has 144 valence electrons. The summed E-state index contributed by atoms with van der Waals surface area (Å²) in [4.78, 5) is 22.6. The van der Waals surface area contributed by atoms with Crippen LogP contribution in [0.3, 0.4) is 0 Å². The quantitative estimate of drug-likeness (QED) is 0.762. The molecule has 0 bridgehead atoms. The number of hydrogen-bond donors (Lipinski definition) is 1. The summed E-state index contributed by atoms with van der Waals surface area (Å²) >= 11 is 0. The maximum atomic E-state index is 12.4. The molecule has 4 heterocycles. The first-order chi connectivity index (χ1) is 13.7. The number of aliphatic imine (C=N–C) groups is 1. The molecular weight excluding hydrogens is 354 g/mol. The van der Waals surface area contributed by atoms with E-state index in [4.69, 9.17) is 0 Å². The maximum absolute atomic E-state index is 12.4. The number of aliphatic hydroxyl groups excluding tert-OH is 1. The normalized spacial score (nSPS) is 18.0. The van der Waals surface area contributed by atoms with Gasteiger partial charge in [-0.1, -0.05) is 24.3 Å². The van der Waals surface area contributed by atoms with E-state index in [1.807, 2.05) is 17.3 Å². The molecule has 1 atom stereocenters. The van der Waals surface area contributed by atoms with Crippen molar-refractivity contribution in [2.24, 2.45) is 10.9 Å². The molecule has 1 N–H and O–H groups in total. The Morgan fingerprint density at radius 1 is 1.21 bits per heavy atom. The van der Waals surface area contributed by atoms with Crippen LogP contribution in [0.1, 0.15) is 24.2 Å². The second-order valence-corrected chi connectivity index (χ2v) is 7.61. The van der Waals surface area contributed by atoms with Gasteiger partial charge in [-0.25, -0.2) is 9.78 Å². The van der Waals surface area contributed by atoms with Crippen LogP contribution in [0.25, 0.3) is 10.8 Å². The number of piperidine rings is 1. The van der Waals surface area contributed by atoms with Crippen molar-refractivity contribution in [2.45, 2.75) is 31.9 Å². The Bertz CT molecular complexity index is 1030. The Morgan fingerprint density at radius 2 is 2.00 bits per heavy atom. The van der Waals surface area contributed by atoms with Crippen LogP contribution in [0.5, 0.6) is 0 Å². The van der Waals surface area contributed by atoms with Crippen molar-refractivity contribution in [2.75, 3.05) is 13.1 Å². The Kier molecular flexibility index (Phi) is 4.24. The van der Waals surface area contributed by atoms with Gasteiger partial charge in [0.2, 0.25) is 0 Å². The highest BCUT2D eigenvalue weighted by Crippen LogP contribution is 2.31. The lowest BCUT2D eigenvalue weighted by Gasteiger charge is -2.34. The number of aliphatic hydroxyl groups is 1. The summed E-state index contributed by atoms with van der Waals surface area (Å²) in [6.45, 7) is 2.02. The predicted octanol–water partition coefficient (Wildman–Crippen LogP) is 2.51. The molecule has 28 heavy (non-hydrogen) atoms. The fraction of sp³-hybridized carbons (Fsp3) is 0.381. The number of rotatable bonds is 3. The van der Waals surface area contributed by atoms with Crippen molar-refractivity contribution in [1.82, 2.24) is 19.0 Å². The maximum Gasteiger partial charge on any atom is 0.329 e. The molecule has 0 spiro atoms. The molecule has 2 aromatic heterocycles. The molecule has 5 rings (SSSR count). The van der Waals surface area contributed by atoms with Gasteiger partial charge in [-0.3, -0.25) is 9.56 Å². The van der Waals surface area contributed by atoms with E-state index in [1.165, 1.54) is 27.4 Å². The van der Waals surface area contributed by atoms with Gasteiger partial charge in [0.05, 0.1) is 24.7 Å². The smallest absolute Gasteiger partial charge is 0.329 e. The summed E-state index contributed by atoms with van der Waals surface area (Å²) in [5, 5.41) is 13.4. The second kappa shape index (κ2) is 6.91. The highest BCUT2D eigenvalue weighted by Gasteiger charge is 2.30. The van der Waals surface area contributed by atoms with Crippen LogP contribution in [0.15, 0.2) is 48.0 Å². The molecule has 0 unspecified atom stereocenters. The molecule has 7 heteroatoms. The van der Waals surface area contributed by atoms with E-state index in [1.54, 1.807) is 12.4 Å². The minimum absolute atomic E-state index is 0.0444. The number of carbonyl (C=O) groups is 1. The van der Waals surface area contributed by atoms with E-state index in [9.17, 15) is 9.90 Å². The van der Waals surface area contributed by atoms with Gasteiger partial charge in [0.1, 0.15) is 6.33 Å². The zero-order valence-corrected chi connectivity index (χ0v) is 15.6.